The van der Waals surface area contributed by atoms with Gasteiger partial charge in [0.1, 0.15) is 0 Å². The number of hydrogen-bond acceptors (Lipinski definition) is 2. The van der Waals surface area contributed by atoms with Gasteiger partial charge >= 0.3 is 0 Å². The summed E-state index contributed by atoms with van der Waals surface area (Å²) in [4.78, 5) is 10.1. The fraction of sp³-hybridized carbons (Fsp3) is 0.500. The molecule has 0 heterocycles. The quantitative estimate of drug-likeness (QED) is 0.626. The second-order valence-electron chi connectivity index (χ2n) is 3.89. The van der Waals surface area contributed by atoms with Crippen molar-refractivity contribution in [3.05, 3.63) is 40.4 Å². The first kappa shape index (κ1) is 9.38. The molecule has 0 aliphatic heterocycles. The first-order chi connectivity index (χ1) is 6.92. The van der Waals surface area contributed by atoms with E-state index in [2.05, 4.69) is 29.5 Å². The van der Waals surface area contributed by atoms with E-state index in [0.717, 1.165) is 19.3 Å². The van der Waals surface area contributed by atoms with Crippen molar-refractivity contribution in [2.45, 2.75) is 25.7 Å². The molecule has 0 radical (unpaired) electrons. The van der Waals surface area contributed by atoms with Gasteiger partial charge in [-0.25, -0.2) is 0 Å². The van der Waals surface area contributed by atoms with Crippen molar-refractivity contribution < 1.29 is 0 Å². The smallest absolute Gasteiger partial charge is 0.0851 e. The zero-order valence-corrected chi connectivity index (χ0v) is 8.28. The van der Waals surface area contributed by atoms with Gasteiger partial charge in [-0.2, -0.15) is 4.91 Å². The highest BCUT2D eigenvalue weighted by Gasteiger charge is 2.21. The number of hydrogen-bond donors (Lipinski definition) is 0. The molecule has 0 aromatic carbocycles. The lowest BCUT2D eigenvalue weighted by atomic mass is 9.78. The SMILES string of the molecule is O=NCCC1=CCCC2CC=CC=C12. The fourth-order valence-electron chi connectivity index (χ4n) is 2.31. The van der Waals surface area contributed by atoms with Crippen LogP contribution < -0.4 is 0 Å². The van der Waals surface area contributed by atoms with Crippen LogP contribution in [0.15, 0.2) is 40.6 Å². The number of nitrogens with zero attached hydrogens (tertiary/aromatic N) is 1. The monoisotopic (exact) mass is 189 g/mol. The lowest BCUT2D eigenvalue weighted by Crippen LogP contribution is -2.12. The van der Waals surface area contributed by atoms with Gasteiger partial charge in [-0.3, -0.25) is 0 Å². The maximum Gasteiger partial charge on any atom is 0.0851 e. The summed E-state index contributed by atoms with van der Waals surface area (Å²) in [6, 6.07) is 0. The van der Waals surface area contributed by atoms with Crippen LogP contribution in [0.4, 0.5) is 0 Å². The number of rotatable bonds is 3. The minimum Gasteiger partial charge on any atom is -0.151 e. The van der Waals surface area contributed by atoms with Crippen LogP contribution in [0.2, 0.25) is 0 Å². The summed E-state index contributed by atoms with van der Waals surface area (Å²) in [7, 11) is 0. The summed E-state index contributed by atoms with van der Waals surface area (Å²) in [5.74, 6) is 0.701. The summed E-state index contributed by atoms with van der Waals surface area (Å²) >= 11 is 0. The first-order valence-corrected chi connectivity index (χ1v) is 5.27. The van der Waals surface area contributed by atoms with E-state index in [9.17, 15) is 4.91 Å². The van der Waals surface area contributed by atoms with Gasteiger partial charge < -0.3 is 0 Å². The standard InChI is InChI=1S/C12H15NO/c14-13-9-8-11-6-3-5-10-4-1-2-7-12(10)11/h1-2,6-7,10H,3-5,8-9H2. The molecule has 2 nitrogen and oxygen atoms in total. The first-order valence-electron chi connectivity index (χ1n) is 5.27. The molecular weight excluding hydrogens is 174 g/mol. The van der Waals surface area contributed by atoms with Crippen molar-refractivity contribution in [1.29, 1.82) is 0 Å². The normalized spacial score (nSPS) is 25.0. The van der Waals surface area contributed by atoms with Gasteiger partial charge in [-0.15, -0.1) is 0 Å². The fourth-order valence-corrected chi connectivity index (χ4v) is 2.31. The number of allylic oxidation sites excluding steroid dienone is 5. The van der Waals surface area contributed by atoms with Crippen molar-refractivity contribution in [1.82, 2.24) is 0 Å². The van der Waals surface area contributed by atoms with Gasteiger partial charge in [0.25, 0.3) is 0 Å². The Hall–Kier alpha value is -1.18. The van der Waals surface area contributed by atoms with E-state index in [0.29, 0.717) is 12.5 Å². The summed E-state index contributed by atoms with van der Waals surface area (Å²) < 4.78 is 0. The highest BCUT2D eigenvalue weighted by Crippen LogP contribution is 2.36. The van der Waals surface area contributed by atoms with Crippen LogP contribution in [0, 0.1) is 10.8 Å². The molecule has 1 unspecified atom stereocenters. The molecule has 2 aliphatic carbocycles. The molecule has 0 fully saturated rings. The molecule has 0 bridgehead atoms. The predicted octanol–water partition coefficient (Wildman–Crippen LogP) is 3.37. The third kappa shape index (κ3) is 1.84. The second kappa shape index (κ2) is 4.36. The zero-order valence-electron chi connectivity index (χ0n) is 8.28. The Kier molecular flexibility index (Phi) is 2.92. The van der Waals surface area contributed by atoms with Gasteiger partial charge in [-0.1, -0.05) is 29.5 Å². The Bertz CT molecular complexity index is 312. The third-order valence-corrected chi connectivity index (χ3v) is 3.02. The minimum atomic E-state index is 0.416. The van der Waals surface area contributed by atoms with Crippen LogP contribution in [0.1, 0.15) is 25.7 Å². The molecule has 0 saturated heterocycles. The van der Waals surface area contributed by atoms with Crippen molar-refractivity contribution in [3.63, 3.8) is 0 Å². The van der Waals surface area contributed by atoms with Gasteiger partial charge in [0, 0.05) is 0 Å². The zero-order chi connectivity index (χ0) is 9.80. The van der Waals surface area contributed by atoms with Crippen LogP contribution in [0.3, 0.4) is 0 Å². The molecule has 0 aromatic heterocycles. The molecule has 14 heavy (non-hydrogen) atoms. The Morgan fingerprint density at radius 2 is 2.43 bits per heavy atom. The minimum absolute atomic E-state index is 0.416. The summed E-state index contributed by atoms with van der Waals surface area (Å²) in [5.41, 5.74) is 2.80. The van der Waals surface area contributed by atoms with E-state index in [1.165, 1.54) is 17.6 Å². The third-order valence-electron chi connectivity index (χ3n) is 3.02. The van der Waals surface area contributed by atoms with Crippen molar-refractivity contribution in [2.24, 2.45) is 11.1 Å². The van der Waals surface area contributed by atoms with E-state index < -0.39 is 0 Å². The molecule has 1 atom stereocenters. The largest absolute Gasteiger partial charge is 0.151 e. The van der Waals surface area contributed by atoms with Crippen molar-refractivity contribution in [3.8, 4) is 0 Å². The average Bonchev–Trinajstić information content (AvgIpc) is 2.26. The van der Waals surface area contributed by atoms with E-state index >= 15 is 0 Å². The van der Waals surface area contributed by atoms with Gasteiger partial charge in [0.15, 0.2) is 0 Å². The molecule has 2 aliphatic rings. The molecule has 0 spiro atoms. The maximum absolute atomic E-state index is 10.1. The Balaban J connectivity index is 2.14. The lowest BCUT2D eigenvalue weighted by molar-refractivity contribution is 0.549. The molecule has 0 saturated carbocycles. The van der Waals surface area contributed by atoms with E-state index in [1.807, 2.05) is 0 Å². The van der Waals surface area contributed by atoms with Gasteiger partial charge in [0.2, 0.25) is 0 Å². The molecular formula is C12H15NO. The van der Waals surface area contributed by atoms with E-state index in [1.54, 1.807) is 0 Å². The molecule has 2 rings (SSSR count). The maximum atomic E-state index is 10.1. The van der Waals surface area contributed by atoms with Crippen LogP contribution in [-0.4, -0.2) is 6.54 Å². The van der Waals surface area contributed by atoms with E-state index in [-0.39, 0.29) is 0 Å². The van der Waals surface area contributed by atoms with Gasteiger partial charge in [0.05, 0.1) is 6.54 Å². The molecule has 0 N–H and O–H groups in total. The molecule has 0 aromatic rings. The predicted molar refractivity (Wildman–Crippen MR) is 57.9 cm³/mol. The number of fused-ring (bicyclic) bond motifs is 1. The summed E-state index contributed by atoms with van der Waals surface area (Å²) in [5, 5.41) is 2.93. The van der Waals surface area contributed by atoms with Gasteiger partial charge in [-0.05, 0) is 42.7 Å². The van der Waals surface area contributed by atoms with Crippen LogP contribution in [0.5, 0.6) is 0 Å². The molecule has 74 valence electrons. The Morgan fingerprint density at radius 1 is 1.50 bits per heavy atom. The Labute approximate surface area is 84.4 Å². The lowest BCUT2D eigenvalue weighted by Gasteiger charge is -2.27. The highest BCUT2D eigenvalue weighted by atomic mass is 16.3. The second-order valence-corrected chi connectivity index (χ2v) is 3.89. The van der Waals surface area contributed by atoms with Crippen LogP contribution in [0.25, 0.3) is 0 Å². The van der Waals surface area contributed by atoms with Crippen LogP contribution >= 0.6 is 0 Å². The Morgan fingerprint density at radius 3 is 3.29 bits per heavy atom. The summed E-state index contributed by atoms with van der Waals surface area (Å²) in [6.45, 7) is 0.416. The van der Waals surface area contributed by atoms with Crippen molar-refractivity contribution in [2.75, 3.05) is 6.54 Å². The summed E-state index contributed by atoms with van der Waals surface area (Å²) in [6.07, 6.45) is 13.2. The average molecular weight is 189 g/mol. The number of nitroso groups, excluding NO2 is 1. The van der Waals surface area contributed by atoms with Crippen molar-refractivity contribution >= 4 is 0 Å². The van der Waals surface area contributed by atoms with Crippen LogP contribution in [-0.2, 0) is 0 Å². The van der Waals surface area contributed by atoms with E-state index in [4.69, 9.17) is 0 Å². The molecule has 2 heteroatoms. The molecule has 0 amide bonds. The topological polar surface area (TPSA) is 29.4 Å². The highest BCUT2D eigenvalue weighted by molar-refractivity contribution is 5.40.